The number of thiazole rings is 1. The topological polar surface area (TPSA) is 103 Å². The number of benzene rings is 2. The van der Waals surface area contributed by atoms with Gasteiger partial charge in [-0.1, -0.05) is 56.3 Å². The number of aryl methyl sites for hydroxylation is 3. The SMILES string of the molecule is Cc1cc(-c2scnc2C)ccc1CNC(=O)C1CC(O)CN1C(=O)C(C(C)C)N(C=O)Cc1ccccc1C. The molecule has 0 bridgehead atoms. The van der Waals surface area contributed by atoms with Crippen molar-refractivity contribution in [2.45, 2.75) is 72.3 Å². The number of β-amino-alcohol motifs (C(OH)–C–C–N with tert-alkyl or cyclic N) is 1. The smallest absolute Gasteiger partial charge is 0.246 e. The van der Waals surface area contributed by atoms with Crippen LogP contribution in [0.3, 0.4) is 0 Å². The molecule has 1 aliphatic rings. The molecule has 0 radical (unpaired) electrons. The van der Waals surface area contributed by atoms with Gasteiger partial charge in [-0.3, -0.25) is 14.4 Å². The number of hydrogen-bond acceptors (Lipinski definition) is 6. The van der Waals surface area contributed by atoms with Crippen LogP contribution in [0.2, 0.25) is 0 Å². The van der Waals surface area contributed by atoms with Crippen LogP contribution in [0.4, 0.5) is 0 Å². The number of amides is 3. The van der Waals surface area contributed by atoms with Gasteiger partial charge in [-0.25, -0.2) is 4.98 Å². The largest absolute Gasteiger partial charge is 0.391 e. The Morgan fingerprint density at radius 3 is 2.52 bits per heavy atom. The number of carbonyl (C=O) groups excluding carboxylic acids is 3. The fraction of sp³-hybridized carbons (Fsp3) is 0.419. The molecule has 1 aliphatic heterocycles. The van der Waals surface area contributed by atoms with Crippen molar-refractivity contribution in [3.8, 4) is 10.4 Å². The Kier molecular flexibility index (Phi) is 9.37. The summed E-state index contributed by atoms with van der Waals surface area (Å²) in [5.41, 5.74) is 7.91. The van der Waals surface area contributed by atoms with E-state index in [0.717, 1.165) is 38.4 Å². The van der Waals surface area contributed by atoms with E-state index in [4.69, 9.17) is 0 Å². The van der Waals surface area contributed by atoms with E-state index in [0.29, 0.717) is 13.0 Å². The lowest BCUT2D eigenvalue weighted by Gasteiger charge is -2.35. The minimum absolute atomic E-state index is 0.0547. The molecule has 3 unspecified atom stereocenters. The zero-order chi connectivity index (χ0) is 29.0. The molecule has 0 saturated carbocycles. The summed E-state index contributed by atoms with van der Waals surface area (Å²) in [6.45, 7) is 10.4. The normalized spacial score (nSPS) is 17.6. The molecule has 40 heavy (non-hydrogen) atoms. The zero-order valence-electron chi connectivity index (χ0n) is 23.8. The van der Waals surface area contributed by atoms with Crippen molar-refractivity contribution in [2.75, 3.05) is 6.54 Å². The van der Waals surface area contributed by atoms with Crippen molar-refractivity contribution >= 4 is 29.6 Å². The molecule has 0 aliphatic carbocycles. The number of rotatable bonds is 10. The summed E-state index contributed by atoms with van der Waals surface area (Å²) in [7, 11) is 0. The third-order valence-corrected chi connectivity index (χ3v) is 8.64. The molecule has 2 heterocycles. The first-order valence-electron chi connectivity index (χ1n) is 13.6. The van der Waals surface area contributed by atoms with Gasteiger partial charge >= 0.3 is 0 Å². The van der Waals surface area contributed by atoms with Gasteiger partial charge in [0.2, 0.25) is 18.2 Å². The second-order valence-electron chi connectivity index (χ2n) is 10.9. The van der Waals surface area contributed by atoms with Crippen molar-refractivity contribution in [1.29, 1.82) is 0 Å². The van der Waals surface area contributed by atoms with Crippen LogP contribution in [0.15, 0.2) is 48.0 Å². The Hall–Kier alpha value is -3.56. The molecule has 1 saturated heterocycles. The average Bonchev–Trinajstić information content (AvgIpc) is 3.53. The highest BCUT2D eigenvalue weighted by molar-refractivity contribution is 7.13. The molecule has 9 heteroatoms. The molecule has 2 N–H and O–H groups in total. The lowest BCUT2D eigenvalue weighted by atomic mass is 9.99. The van der Waals surface area contributed by atoms with E-state index < -0.39 is 18.2 Å². The van der Waals surface area contributed by atoms with Crippen LogP contribution in [0.25, 0.3) is 10.4 Å². The van der Waals surface area contributed by atoms with Gasteiger partial charge in [-0.05, 0) is 54.5 Å². The monoisotopic (exact) mass is 562 g/mol. The Morgan fingerprint density at radius 1 is 1.15 bits per heavy atom. The van der Waals surface area contributed by atoms with Crippen LogP contribution in [-0.4, -0.2) is 62.8 Å². The van der Waals surface area contributed by atoms with Crippen LogP contribution < -0.4 is 5.32 Å². The minimum atomic E-state index is -0.810. The Labute approximate surface area is 240 Å². The van der Waals surface area contributed by atoms with Gasteiger partial charge < -0.3 is 20.2 Å². The van der Waals surface area contributed by atoms with Crippen molar-refractivity contribution in [3.05, 3.63) is 75.9 Å². The number of aromatic nitrogens is 1. The highest BCUT2D eigenvalue weighted by Crippen LogP contribution is 2.29. The van der Waals surface area contributed by atoms with E-state index in [1.165, 1.54) is 9.80 Å². The number of nitrogens with zero attached hydrogens (tertiary/aromatic N) is 3. The quantitative estimate of drug-likeness (QED) is 0.364. The molecule has 2 aromatic carbocycles. The second kappa shape index (κ2) is 12.7. The van der Waals surface area contributed by atoms with E-state index in [1.54, 1.807) is 11.3 Å². The van der Waals surface area contributed by atoms with Gasteiger partial charge in [0.15, 0.2) is 0 Å². The molecular weight excluding hydrogens is 524 g/mol. The first-order valence-corrected chi connectivity index (χ1v) is 14.5. The molecule has 3 amide bonds. The number of carbonyl (C=O) groups is 3. The van der Waals surface area contributed by atoms with Gasteiger partial charge in [0.05, 0.1) is 22.2 Å². The molecular formula is C31H38N4O4S. The van der Waals surface area contributed by atoms with Gasteiger partial charge in [0.25, 0.3) is 0 Å². The maximum atomic E-state index is 13.9. The summed E-state index contributed by atoms with van der Waals surface area (Å²) in [5, 5.41) is 13.4. The van der Waals surface area contributed by atoms with Crippen molar-refractivity contribution in [2.24, 2.45) is 5.92 Å². The highest BCUT2D eigenvalue weighted by atomic mass is 32.1. The third-order valence-electron chi connectivity index (χ3n) is 7.66. The number of aliphatic hydroxyl groups excluding tert-OH is 1. The van der Waals surface area contributed by atoms with Crippen LogP contribution in [0.1, 0.15) is 48.2 Å². The van der Waals surface area contributed by atoms with Crippen molar-refractivity contribution < 1.29 is 19.5 Å². The molecule has 4 rings (SSSR count). The van der Waals surface area contributed by atoms with E-state index >= 15 is 0 Å². The molecule has 1 fully saturated rings. The predicted octanol–water partition coefficient (Wildman–Crippen LogP) is 4.00. The molecule has 8 nitrogen and oxygen atoms in total. The molecule has 0 spiro atoms. The summed E-state index contributed by atoms with van der Waals surface area (Å²) in [6.07, 6.45) is 0.0536. The Bertz CT molecular complexity index is 1370. The molecule has 3 aromatic rings. The summed E-state index contributed by atoms with van der Waals surface area (Å²) in [4.78, 5) is 47.8. The van der Waals surface area contributed by atoms with Crippen LogP contribution in [0.5, 0.6) is 0 Å². The van der Waals surface area contributed by atoms with Gasteiger partial charge in [-0.15, -0.1) is 11.3 Å². The summed E-state index contributed by atoms with van der Waals surface area (Å²) in [6, 6.07) is 12.3. The van der Waals surface area contributed by atoms with E-state index in [1.807, 2.05) is 76.5 Å². The lowest BCUT2D eigenvalue weighted by Crippen LogP contribution is -2.55. The van der Waals surface area contributed by atoms with Crippen LogP contribution in [-0.2, 0) is 27.5 Å². The maximum absolute atomic E-state index is 13.9. The second-order valence-corrected chi connectivity index (χ2v) is 11.8. The molecule has 212 valence electrons. The fourth-order valence-electron chi connectivity index (χ4n) is 5.39. The summed E-state index contributed by atoms with van der Waals surface area (Å²) >= 11 is 1.60. The average molecular weight is 563 g/mol. The molecule has 1 aromatic heterocycles. The first kappa shape index (κ1) is 29.4. The number of hydrogen-bond donors (Lipinski definition) is 2. The highest BCUT2D eigenvalue weighted by Gasteiger charge is 2.43. The van der Waals surface area contributed by atoms with Gasteiger partial charge in [0.1, 0.15) is 12.1 Å². The van der Waals surface area contributed by atoms with Crippen molar-refractivity contribution in [3.63, 3.8) is 0 Å². The minimum Gasteiger partial charge on any atom is -0.391 e. The van der Waals surface area contributed by atoms with Gasteiger partial charge in [-0.2, -0.15) is 0 Å². The Morgan fingerprint density at radius 2 is 1.90 bits per heavy atom. The number of aliphatic hydroxyl groups is 1. The summed E-state index contributed by atoms with van der Waals surface area (Å²) in [5.74, 6) is -0.829. The van der Waals surface area contributed by atoms with Crippen molar-refractivity contribution in [1.82, 2.24) is 20.1 Å². The van der Waals surface area contributed by atoms with E-state index in [9.17, 15) is 19.5 Å². The molecule has 3 atom stereocenters. The zero-order valence-corrected chi connectivity index (χ0v) is 24.6. The van der Waals surface area contributed by atoms with E-state index in [-0.39, 0.29) is 37.2 Å². The third kappa shape index (κ3) is 6.42. The Balaban J connectivity index is 1.47. The first-order chi connectivity index (χ1) is 19.1. The lowest BCUT2D eigenvalue weighted by molar-refractivity contribution is -0.147. The maximum Gasteiger partial charge on any atom is 0.246 e. The number of nitrogens with one attached hydrogen (secondary N) is 1. The summed E-state index contributed by atoms with van der Waals surface area (Å²) < 4.78 is 0. The van der Waals surface area contributed by atoms with Crippen LogP contribution >= 0.6 is 11.3 Å². The van der Waals surface area contributed by atoms with Gasteiger partial charge in [0, 0.05) is 26.1 Å². The number of likely N-dealkylation sites (tertiary alicyclic amines) is 1. The fourth-order valence-corrected chi connectivity index (χ4v) is 6.19. The standard InChI is InChI=1S/C31H38N4O4S/c1-19(2)28(34(18-36)15-25-9-7-6-8-20(25)3)31(39)35-16-26(37)13-27(35)30(38)32-14-24-11-10-23(12-21(24)4)29-22(5)33-17-40-29/h6-12,17-19,26-28,37H,13-16H2,1-5H3,(H,32,38). The van der Waals surface area contributed by atoms with E-state index in [2.05, 4.69) is 16.4 Å². The predicted molar refractivity (Wildman–Crippen MR) is 156 cm³/mol. The van der Waals surface area contributed by atoms with Crippen LogP contribution in [0, 0.1) is 26.7 Å².